The van der Waals surface area contributed by atoms with Crippen molar-refractivity contribution < 1.29 is 28.2 Å². The predicted octanol–water partition coefficient (Wildman–Crippen LogP) is 3.87. The summed E-state index contributed by atoms with van der Waals surface area (Å²) in [5.74, 6) is -1.17. The zero-order valence-corrected chi connectivity index (χ0v) is 17.0. The van der Waals surface area contributed by atoms with E-state index >= 15 is 0 Å². The number of rotatable bonds is 5. The zero-order chi connectivity index (χ0) is 22.0. The Balaban J connectivity index is 1.79. The molecule has 0 fully saturated rings. The highest BCUT2D eigenvalue weighted by atomic mass is 19.1. The molecule has 0 amide bonds. The van der Waals surface area contributed by atoms with E-state index in [1.54, 1.807) is 42.5 Å². The monoisotopic (exact) mass is 423 g/mol. The Labute approximate surface area is 179 Å². The van der Waals surface area contributed by atoms with Gasteiger partial charge in [-0.1, -0.05) is 36.4 Å². The molecule has 0 saturated heterocycles. The SMILES string of the molecule is COC(=O)C1=C(N)OC2=C(C(=O)CCC2)[C@H]1c1ccccc1OCc1ccccc1F. The number of nitrogens with two attached hydrogens (primary N) is 1. The number of ether oxygens (including phenoxy) is 3. The van der Waals surface area contributed by atoms with Gasteiger partial charge in [-0.05, 0) is 18.6 Å². The van der Waals surface area contributed by atoms with Gasteiger partial charge in [-0.3, -0.25) is 4.79 Å². The smallest absolute Gasteiger partial charge is 0.340 e. The number of para-hydroxylation sites is 1. The average molecular weight is 423 g/mol. The van der Waals surface area contributed by atoms with Crippen LogP contribution in [-0.4, -0.2) is 18.9 Å². The van der Waals surface area contributed by atoms with Gasteiger partial charge in [0.25, 0.3) is 0 Å². The van der Waals surface area contributed by atoms with Crippen LogP contribution in [0, 0.1) is 5.82 Å². The van der Waals surface area contributed by atoms with Crippen molar-refractivity contribution in [3.63, 3.8) is 0 Å². The Kier molecular flexibility index (Phi) is 5.75. The van der Waals surface area contributed by atoms with E-state index < -0.39 is 11.9 Å². The minimum Gasteiger partial charge on any atom is -0.488 e. The lowest BCUT2D eigenvalue weighted by Crippen LogP contribution is -2.31. The Hall–Kier alpha value is -3.61. The number of Topliss-reactive ketones (excluding diaryl/α,β-unsaturated/α-hetero) is 1. The van der Waals surface area contributed by atoms with Crippen molar-refractivity contribution in [2.75, 3.05) is 7.11 Å². The van der Waals surface area contributed by atoms with E-state index in [4.69, 9.17) is 19.9 Å². The number of hydrogen-bond donors (Lipinski definition) is 1. The second-order valence-electron chi connectivity index (χ2n) is 7.34. The summed E-state index contributed by atoms with van der Waals surface area (Å²) in [5, 5.41) is 0. The molecule has 160 valence electrons. The Morgan fingerprint density at radius 1 is 1.16 bits per heavy atom. The highest BCUT2D eigenvalue weighted by molar-refractivity contribution is 6.03. The number of methoxy groups -OCH3 is 1. The van der Waals surface area contributed by atoms with Crippen LogP contribution in [0.2, 0.25) is 0 Å². The molecule has 4 rings (SSSR count). The first-order valence-corrected chi connectivity index (χ1v) is 9.98. The average Bonchev–Trinajstić information content (AvgIpc) is 2.77. The molecule has 0 aromatic heterocycles. The zero-order valence-electron chi connectivity index (χ0n) is 17.0. The maximum atomic E-state index is 14.1. The van der Waals surface area contributed by atoms with Gasteiger partial charge in [-0.2, -0.15) is 0 Å². The molecule has 1 aliphatic heterocycles. The molecule has 31 heavy (non-hydrogen) atoms. The van der Waals surface area contributed by atoms with Crippen molar-refractivity contribution in [3.05, 3.63) is 88.3 Å². The topological polar surface area (TPSA) is 87.9 Å². The Morgan fingerprint density at radius 2 is 1.90 bits per heavy atom. The molecular weight excluding hydrogens is 401 g/mol. The van der Waals surface area contributed by atoms with Crippen molar-refractivity contribution >= 4 is 11.8 Å². The molecule has 2 aromatic rings. The fraction of sp³-hybridized carbons (Fsp3) is 0.250. The summed E-state index contributed by atoms with van der Waals surface area (Å²) in [4.78, 5) is 25.5. The van der Waals surface area contributed by atoms with Crippen LogP contribution in [0.1, 0.15) is 36.3 Å². The van der Waals surface area contributed by atoms with E-state index in [1.165, 1.54) is 13.2 Å². The normalized spacial score (nSPS) is 18.4. The summed E-state index contributed by atoms with van der Waals surface area (Å²) in [7, 11) is 1.24. The number of allylic oxidation sites excluding steroid dienone is 2. The molecule has 6 nitrogen and oxygen atoms in total. The van der Waals surface area contributed by atoms with Crippen molar-refractivity contribution in [2.24, 2.45) is 5.73 Å². The first-order valence-electron chi connectivity index (χ1n) is 9.98. The summed E-state index contributed by atoms with van der Waals surface area (Å²) < 4.78 is 30.6. The first kappa shape index (κ1) is 20.7. The molecule has 2 N–H and O–H groups in total. The predicted molar refractivity (Wildman–Crippen MR) is 110 cm³/mol. The molecule has 2 aliphatic rings. The van der Waals surface area contributed by atoms with Gasteiger partial charge in [0.1, 0.15) is 29.5 Å². The highest BCUT2D eigenvalue weighted by Gasteiger charge is 2.42. The number of esters is 1. The fourth-order valence-corrected chi connectivity index (χ4v) is 4.00. The molecule has 0 unspecified atom stereocenters. The highest BCUT2D eigenvalue weighted by Crippen LogP contribution is 2.46. The van der Waals surface area contributed by atoms with Crippen LogP contribution in [0.15, 0.2) is 71.3 Å². The van der Waals surface area contributed by atoms with E-state index in [0.717, 1.165) is 0 Å². The van der Waals surface area contributed by atoms with Crippen LogP contribution in [0.25, 0.3) is 0 Å². The van der Waals surface area contributed by atoms with Crippen molar-refractivity contribution in [1.29, 1.82) is 0 Å². The minimum absolute atomic E-state index is 0.0144. The molecule has 2 aromatic carbocycles. The quantitative estimate of drug-likeness (QED) is 0.735. The van der Waals surface area contributed by atoms with E-state index in [0.29, 0.717) is 47.5 Å². The third-order valence-electron chi connectivity index (χ3n) is 5.46. The van der Waals surface area contributed by atoms with Gasteiger partial charge < -0.3 is 19.9 Å². The van der Waals surface area contributed by atoms with Crippen molar-refractivity contribution in [2.45, 2.75) is 31.8 Å². The lowest BCUT2D eigenvalue weighted by atomic mass is 9.77. The molecule has 1 atom stereocenters. The number of benzene rings is 2. The van der Waals surface area contributed by atoms with Crippen LogP contribution in [0.4, 0.5) is 4.39 Å². The maximum absolute atomic E-state index is 14.1. The lowest BCUT2D eigenvalue weighted by Gasteiger charge is -2.32. The molecule has 7 heteroatoms. The van der Waals surface area contributed by atoms with Crippen LogP contribution in [0.3, 0.4) is 0 Å². The third kappa shape index (κ3) is 3.91. The van der Waals surface area contributed by atoms with Crippen LogP contribution < -0.4 is 10.5 Å². The van der Waals surface area contributed by atoms with Gasteiger partial charge in [-0.25, -0.2) is 9.18 Å². The number of carbonyl (C=O) groups is 2. The van der Waals surface area contributed by atoms with Crippen molar-refractivity contribution in [3.8, 4) is 5.75 Å². The standard InChI is InChI=1S/C24H22FNO5/c1-29-24(28)22-20(21-17(27)10-6-12-19(21)31-23(22)26)15-8-3-5-11-18(15)30-13-14-7-2-4-9-16(14)25/h2-5,7-9,11,20H,6,10,12-13,26H2,1H3/t20-/m1/s1. The van der Waals surface area contributed by atoms with Gasteiger partial charge in [0.05, 0.1) is 13.0 Å². The fourth-order valence-electron chi connectivity index (χ4n) is 4.00. The van der Waals surface area contributed by atoms with Gasteiger partial charge in [0.15, 0.2) is 5.78 Å². The summed E-state index contributed by atoms with van der Waals surface area (Å²) in [6, 6.07) is 13.3. The van der Waals surface area contributed by atoms with E-state index in [2.05, 4.69) is 0 Å². The van der Waals surface area contributed by atoms with Gasteiger partial charge in [-0.15, -0.1) is 0 Å². The summed E-state index contributed by atoms with van der Waals surface area (Å²) in [6.45, 7) is -0.0144. The van der Waals surface area contributed by atoms with E-state index in [9.17, 15) is 14.0 Å². The van der Waals surface area contributed by atoms with Crippen LogP contribution >= 0.6 is 0 Å². The summed E-state index contributed by atoms with van der Waals surface area (Å²) in [5.41, 5.74) is 7.49. The molecular formula is C24H22FNO5. The van der Waals surface area contributed by atoms with E-state index in [-0.39, 0.29) is 29.7 Å². The third-order valence-corrected chi connectivity index (χ3v) is 5.46. The van der Waals surface area contributed by atoms with Gasteiger partial charge in [0.2, 0.25) is 5.88 Å². The minimum atomic E-state index is -0.791. The molecule has 1 aliphatic carbocycles. The molecule has 0 spiro atoms. The molecule has 0 radical (unpaired) electrons. The van der Waals surface area contributed by atoms with Gasteiger partial charge >= 0.3 is 5.97 Å². The number of halogens is 1. The van der Waals surface area contributed by atoms with E-state index in [1.807, 2.05) is 0 Å². The molecule has 0 bridgehead atoms. The van der Waals surface area contributed by atoms with Gasteiger partial charge in [0, 0.05) is 29.5 Å². The lowest BCUT2D eigenvalue weighted by molar-refractivity contribution is -0.136. The maximum Gasteiger partial charge on any atom is 0.340 e. The summed E-state index contributed by atoms with van der Waals surface area (Å²) in [6.07, 6.45) is 1.55. The number of ketones is 1. The second kappa shape index (κ2) is 8.63. The first-order chi connectivity index (χ1) is 15.0. The molecule has 1 heterocycles. The Morgan fingerprint density at radius 3 is 2.68 bits per heavy atom. The summed E-state index contributed by atoms with van der Waals surface area (Å²) >= 11 is 0. The van der Waals surface area contributed by atoms with Crippen LogP contribution in [0.5, 0.6) is 5.75 Å². The largest absolute Gasteiger partial charge is 0.488 e. The number of carbonyl (C=O) groups excluding carboxylic acids is 2. The molecule has 0 saturated carbocycles. The van der Waals surface area contributed by atoms with Crippen LogP contribution in [-0.2, 0) is 25.7 Å². The number of hydrogen-bond acceptors (Lipinski definition) is 6. The second-order valence-corrected chi connectivity index (χ2v) is 7.34. The Bertz CT molecular complexity index is 1100. The van der Waals surface area contributed by atoms with Crippen molar-refractivity contribution in [1.82, 2.24) is 0 Å².